The summed E-state index contributed by atoms with van der Waals surface area (Å²) in [6.45, 7) is 3.94. The first-order valence-electron chi connectivity index (χ1n) is 10.9. The molecule has 0 aliphatic heterocycles. The van der Waals surface area contributed by atoms with E-state index in [0.29, 0.717) is 0 Å². The van der Waals surface area contributed by atoms with Crippen molar-refractivity contribution in [1.29, 1.82) is 0 Å². The van der Waals surface area contributed by atoms with Crippen LogP contribution in [-0.2, 0) is 33.8 Å². The van der Waals surface area contributed by atoms with Crippen molar-refractivity contribution in [1.82, 2.24) is 4.90 Å². The molecular formula is C22H33N3O10S. The molecule has 0 aliphatic rings. The Kier molecular flexibility index (Phi) is 13.2. The van der Waals surface area contributed by atoms with E-state index in [1.807, 2.05) is 0 Å². The smallest absolute Gasteiger partial charge is 0.338 e. The second-order valence-electron chi connectivity index (χ2n) is 7.82. The van der Waals surface area contributed by atoms with Gasteiger partial charge in [0.15, 0.2) is 0 Å². The molecule has 6 N–H and O–H groups in total. The summed E-state index contributed by atoms with van der Waals surface area (Å²) in [6, 6.07) is 4.07. The van der Waals surface area contributed by atoms with E-state index in [1.54, 1.807) is 6.92 Å². The number of ether oxygens (including phenoxy) is 3. The van der Waals surface area contributed by atoms with Crippen molar-refractivity contribution in [3.05, 3.63) is 42.5 Å². The summed E-state index contributed by atoms with van der Waals surface area (Å²) < 4.78 is 37.5. The lowest BCUT2D eigenvalue weighted by Gasteiger charge is -2.29. The van der Waals surface area contributed by atoms with Crippen LogP contribution in [0.2, 0.25) is 0 Å². The average molecular weight is 532 g/mol. The lowest BCUT2D eigenvalue weighted by molar-refractivity contribution is -0.146. The topological polar surface area (TPSA) is 209 Å². The molecule has 3 atom stereocenters. The molecular weight excluding hydrogens is 498 g/mol. The van der Waals surface area contributed by atoms with Gasteiger partial charge in [-0.05, 0) is 24.3 Å². The van der Waals surface area contributed by atoms with Crippen molar-refractivity contribution in [2.24, 2.45) is 10.9 Å². The predicted molar refractivity (Wildman–Crippen MR) is 127 cm³/mol. The zero-order valence-electron chi connectivity index (χ0n) is 19.9. The largest absolute Gasteiger partial charge is 0.463 e. The van der Waals surface area contributed by atoms with Gasteiger partial charge in [-0.2, -0.15) is 0 Å². The van der Waals surface area contributed by atoms with Gasteiger partial charge in [-0.1, -0.05) is 13.5 Å². The first kappa shape index (κ1) is 31.2. The summed E-state index contributed by atoms with van der Waals surface area (Å²) in [5, 5.41) is 25.4. The van der Waals surface area contributed by atoms with Crippen LogP contribution in [0.3, 0.4) is 0 Å². The van der Waals surface area contributed by atoms with E-state index in [2.05, 4.69) is 6.58 Å². The highest BCUT2D eigenvalue weighted by atomic mass is 32.2. The van der Waals surface area contributed by atoms with Gasteiger partial charge in [-0.3, -0.25) is 9.69 Å². The third kappa shape index (κ3) is 12.2. The molecule has 36 heavy (non-hydrogen) atoms. The Hall–Kier alpha value is -2.88. The maximum atomic E-state index is 12.2. The molecule has 0 aromatic heterocycles. The Bertz CT molecular complexity index is 984. The van der Waals surface area contributed by atoms with Crippen molar-refractivity contribution in [2.45, 2.75) is 36.5 Å². The Morgan fingerprint density at radius 1 is 1.00 bits per heavy atom. The highest BCUT2D eigenvalue weighted by Gasteiger charge is 2.21. The van der Waals surface area contributed by atoms with E-state index in [0.717, 1.165) is 6.08 Å². The zero-order valence-corrected chi connectivity index (χ0v) is 20.8. The van der Waals surface area contributed by atoms with Crippen LogP contribution in [0.4, 0.5) is 0 Å². The maximum Gasteiger partial charge on any atom is 0.338 e. The zero-order chi connectivity index (χ0) is 27.3. The summed E-state index contributed by atoms with van der Waals surface area (Å²) in [4.78, 5) is 36.2. The molecule has 0 saturated heterocycles. The van der Waals surface area contributed by atoms with E-state index in [9.17, 15) is 33.0 Å². The van der Waals surface area contributed by atoms with E-state index in [-0.39, 0.29) is 56.3 Å². The molecule has 0 spiro atoms. The predicted octanol–water partition coefficient (Wildman–Crippen LogP) is -1.48. The van der Waals surface area contributed by atoms with Crippen LogP contribution in [0.5, 0.6) is 0 Å². The molecule has 1 rings (SSSR count). The number of nitrogens with two attached hydrogens (primary N) is 2. The van der Waals surface area contributed by atoms with Gasteiger partial charge in [0.2, 0.25) is 10.0 Å². The summed E-state index contributed by atoms with van der Waals surface area (Å²) in [6.07, 6.45) is -1.14. The van der Waals surface area contributed by atoms with Gasteiger partial charge in [-0.15, -0.1) is 0 Å². The van der Waals surface area contributed by atoms with Gasteiger partial charge >= 0.3 is 17.9 Å². The minimum absolute atomic E-state index is 0.0445. The molecule has 0 heterocycles. The molecule has 1 aromatic carbocycles. The molecule has 0 saturated carbocycles. The van der Waals surface area contributed by atoms with E-state index >= 15 is 0 Å². The van der Waals surface area contributed by atoms with Crippen molar-refractivity contribution in [3.63, 3.8) is 0 Å². The van der Waals surface area contributed by atoms with Crippen LogP contribution >= 0.6 is 0 Å². The summed E-state index contributed by atoms with van der Waals surface area (Å²) in [5.74, 6) is -1.95. The molecule has 13 nitrogen and oxygen atoms in total. The quantitative estimate of drug-likeness (QED) is 0.109. The third-order valence-electron chi connectivity index (χ3n) is 4.59. The molecule has 14 heteroatoms. The van der Waals surface area contributed by atoms with Crippen molar-refractivity contribution >= 4 is 27.9 Å². The van der Waals surface area contributed by atoms with Crippen LogP contribution in [0.15, 0.2) is 41.8 Å². The number of aliphatic hydroxyl groups excluding tert-OH is 2. The number of primary sulfonamides is 1. The molecule has 0 radical (unpaired) electrons. The number of aliphatic hydroxyl groups is 2. The molecule has 1 aromatic rings. The summed E-state index contributed by atoms with van der Waals surface area (Å²) in [7, 11) is -3.90. The van der Waals surface area contributed by atoms with Crippen LogP contribution in [-0.4, -0.2) is 99.1 Å². The Labute approximate surface area is 209 Å². The molecule has 0 aliphatic carbocycles. The number of sulfonamides is 1. The molecule has 3 unspecified atom stereocenters. The average Bonchev–Trinajstić information content (AvgIpc) is 2.83. The Morgan fingerprint density at radius 2 is 1.56 bits per heavy atom. The van der Waals surface area contributed by atoms with Gasteiger partial charge in [-0.25, -0.2) is 23.1 Å². The minimum Gasteiger partial charge on any atom is -0.463 e. The number of nitrogens with zero attached hydrogens (tertiary/aromatic N) is 1. The second-order valence-corrected chi connectivity index (χ2v) is 9.39. The molecule has 202 valence electrons. The van der Waals surface area contributed by atoms with Crippen LogP contribution < -0.4 is 10.9 Å². The number of benzene rings is 1. The molecule has 0 bridgehead atoms. The fraction of sp³-hybridized carbons (Fsp3) is 0.500. The second kappa shape index (κ2) is 15.3. The van der Waals surface area contributed by atoms with Crippen molar-refractivity contribution in [2.75, 3.05) is 39.5 Å². The highest BCUT2D eigenvalue weighted by Crippen LogP contribution is 2.10. The van der Waals surface area contributed by atoms with Crippen molar-refractivity contribution < 1.29 is 47.2 Å². The van der Waals surface area contributed by atoms with E-state index < -0.39 is 46.2 Å². The summed E-state index contributed by atoms with van der Waals surface area (Å²) in [5.41, 5.74) is 6.14. The van der Waals surface area contributed by atoms with Gasteiger partial charge in [0, 0.05) is 32.1 Å². The number of hydrogen-bond acceptors (Lipinski definition) is 12. The van der Waals surface area contributed by atoms with Gasteiger partial charge in [0.25, 0.3) is 0 Å². The van der Waals surface area contributed by atoms with Gasteiger partial charge in [0.1, 0.15) is 32.0 Å². The number of carbonyl (C=O) groups is 3. The first-order valence-corrected chi connectivity index (χ1v) is 12.5. The SMILES string of the molecule is C=CC(=O)OCC(O)CN(CC(N)COC(=O)c1ccc(S(N)(=O)=O)cc1)CC(O)COC(=O)CC. The van der Waals surface area contributed by atoms with Crippen LogP contribution in [0.1, 0.15) is 23.7 Å². The standard InChI is InChI=1S/C22H33N3O10S/c1-3-20(28)33-13-17(26)10-25(11-18(27)14-34-21(29)4-2)9-16(23)12-35-22(30)15-5-7-19(8-6-15)36(24,31)32/h3,5-8,16-18,26-27H,1,4,9-14,23H2,2H3,(H2,24,31,32). The molecule has 0 fully saturated rings. The highest BCUT2D eigenvalue weighted by molar-refractivity contribution is 7.89. The fourth-order valence-corrected chi connectivity index (χ4v) is 3.40. The van der Waals surface area contributed by atoms with E-state index in [1.165, 1.54) is 29.2 Å². The van der Waals surface area contributed by atoms with Crippen LogP contribution in [0, 0.1) is 0 Å². The number of carbonyl (C=O) groups excluding carboxylic acids is 3. The first-order chi connectivity index (χ1) is 16.8. The third-order valence-corrected chi connectivity index (χ3v) is 5.52. The maximum absolute atomic E-state index is 12.2. The molecule has 0 amide bonds. The van der Waals surface area contributed by atoms with Crippen molar-refractivity contribution in [3.8, 4) is 0 Å². The number of rotatable bonds is 16. The Balaban J connectivity index is 2.71. The lowest BCUT2D eigenvalue weighted by Crippen LogP contribution is -2.48. The normalized spacial score (nSPS) is 13.9. The number of hydrogen-bond donors (Lipinski definition) is 4. The van der Waals surface area contributed by atoms with Gasteiger partial charge in [0.05, 0.1) is 16.5 Å². The monoisotopic (exact) mass is 531 g/mol. The lowest BCUT2D eigenvalue weighted by atomic mass is 10.2. The Morgan fingerprint density at radius 3 is 2.06 bits per heavy atom. The van der Waals surface area contributed by atoms with Gasteiger partial charge < -0.3 is 30.2 Å². The summed E-state index contributed by atoms with van der Waals surface area (Å²) >= 11 is 0. The van der Waals surface area contributed by atoms with E-state index in [4.69, 9.17) is 25.1 Å². The number of esters is 3. The van der Waals surface area contributed by atoms with Crippen LogP contribution in [0.25, 0.3) is 0 Å². The minimum atomic E-state index is -3.90. The fourth-order valence-electron chi connectivity index (χ4n) is 2.88.